The molecule has 0 unspecified atom stereocenters. The molecule has 56 valence electrons. The van der Waals surface area contributed by atoms with Crippen molar-refractivity contribution in [2.24, 2.45) is 0 Å². The van der Waals surface area contributed by atoms with E-state index < -0.39 is 5.30 Å². The maximum absolute atomic E-state index is 9.93. The van der Waals surface area contributed by atoms with Gasteiger partial charge in [-0.3, -0.25) is 0 Å². The van der Waals surface area contributed by atoms with Crippen LogP contribution in [0.25, 0.3) is 0 Å². The van der Waals surface area contributed by atoms with Gasteiger partial charge < -0.3 is 6.53 Å². The molecule has 2 nitrogen and oxygen atoms in total. The van der Waals surface area contributed by atoms with E-state index in [9.17, 15) is 4.79 Å². The molecule has 0 heterocycles. The monoisotopic (exact) mass is 172 g/mol. The summed E-state index contributed by atoms with van der Waals surface area (Å²) < 4.78 is 0. The zero-order chi connectivity index (χ0) is 7.11. The van der Waals surface area contributed by atoms with Crippen molar-refractivity contribution < 1.29 is 40.9 Å². The third kappa shape index (κ3) is 11.6. The summed E-state index contributed by atoms with van der Waals surface area (Å²) in [4.78, 5) is 9.93. The molecular weight excluding hydrogens is 159 g/mol. The van der Waals surface area contributed by atoms with Crippen LogP contribution in [0.5, 0.6) is 0 Å². The van der Waals surface area contributed by atoms with E-state index >= 15 is 0 Å². The standard InChI is InChI=1S/C6H12O2S.Na.H/c1-2-3-4-5-9-6(7)8;;/h2-5H2,1H3,(H,7,8);;/q;+1;-1. The first-order valence-electron chi connectivity index (χ1n) is 3.13. The molecule has 0 saturated heterocycles. The van der Waals surface area contributed by atoms with Gasteiger partial charge in [-0.15, -0.1) is 0 Å². The molecule has 0 atom stereocenters. The van der Waals surface area contributed by atoms with E-state index in [0.29, 0.717) is 0 Å². The maximum atomic E-state index is 9.93. The summed E-state index contributed by atoms with van der Waals surface area (Å²) in [7, 11) is 0. The molecule has 4 heteroatoms. The summed E-state index contributed by atoms with van der Waals surface area (Å²) in [6.07, 6.45) is 3.31. The van der Waals surface area contributed by atoms with Gasteiger partial charge in [-0.25, -0.2) is 4.79 Å². The van der Waals surface area contributed by atoms with Gasteiger partial charge in [-0.05, 0) is 18.2 Å². The molecule has 0 rings (SSSR count). The van der Waals surface area contributed by atoms with Crippen LogP contribution in [0, 0.1) is 0 Å². The van der Waals surface area contributed by atoms with Gasteiger partial charge in [0.25, 0.3) is 0 Å². The van der Waals surface area contributed by atoms with E-state index in [1.807, 2.05) is 0 Å². The second kappa shape index (κ2) is 9.82. The van der Waals surface area contributed by atoms with E-state index in [1.165, 1.54) is 0 Å². The number of carboxylic acid groups (broad SMARTS) is 1. The second-order valence-electron chi connectivity index (χ2n) is 1.82. The molecule has 0 aliphatic carbocycles. The van der Waals surface area contributed by atoms with Crippen molar-refractivity contribution in [3.63, 3.8) is 0 Å². The fourth-order valence-electron chi connectivity index (χ4n) is 0.512. The molecule has 0 bridgehead atoms. The van der Waals surface area contributed by atoms with Crippen LogP contribution in [-0.2, 0) is 0 Å². The SMILES string of the molecule is CCCCCSC(=O)O.[H-].[Na+]. The van der Waals surface area contributed by atoms with E-state index in [0.717, 1.165) is 36.8 Å². The predicted octanol–water partition coefficient (Wildman–Crippen LogP) is -0.296. The summed E-state index contributed by atoms with van der Waals surface area (Å²) in [6.45, 7) is 2.10. The Bertz CT molecular complexity index is 92.7. The van der Waals surface area contributed by atoms with E-state index in [1.54, 1.807) is 0 Å². The Hall–Kier alpha value is 0.820. The van der Waals surface area contributed by atoms with Gasteiger partial charge in [0.15, 0.2) is 0 Å². The van der Waals surface area contributed by atoms with Gasteiger partial charge in [0.1, 0.15) is 0 Å². The van der Waals surface area contributed by atoms with Crippen molar-refractivity contribution in [3.05, 3.63) is 0 Å². The Kier molecular flexibility index (Phi) is 13.2. The van der Waals surface area contributed by atoms with E-state index in [-0.39, 0.29) is 31.0 Å². The average Bonchev–Trinajstić information content (AvgIpc) is 1.80. The zero-order valence-corrected chi connectivity index (χ0v) is 9.41. The van der Waals surface area contributed by atoms with Gasteiger partial charge in [0.2, 0.25) is 0 Å². The number of hydrogen-bond acceptors (Lipinski definition) is 2. The molecule has 0 aliphatic rings. The number of carbonyl (C=O) groups is 1. The fourth-order valence-corrected chi connectivity index (χ4v) is 1.03. The predicted molar refractivity (Wildman–Crippen MR) is 41.1 cm³/mol. The third-order valence-electron chi connectivity index (χ3n) is 0.973. The van der Waals surface area contributed by atoms with Gasteiger partial charge >= 0.3 is 34.9 Å². The Morgan fingerprint density at radius 1 is 1.60 bits per heavy atom. The van der Waals surface area contributed by atoms with Crippen LogP contribution in [0.2, 0.25) is 0 Å². The van der Waals surface area contributed by atoms with Gasteiger partial charge in [0, 0.05) is 5.75 Å². The number of unbranched alkanes of at least 4 members (excludes halogenated alkanes) is 2. The fraction of sp³-hybridized carbons (Fsp3) is 0.833. The summed E-state index contributed by atoms with van der Waals surface area (Å²) in [5.74, 6) is 0.753. The second-order valence-corrected chi connectivity index (χ2v) is 2.87. The minimum atomic E-state index is -0.758. The summed E-state index contributed by atoms with van der Waals surface area (Å²) >= 11 is 0.988. The Labute approximate surface area is 89.5 Å². The van der Waals surface area contributed by atoms with Crippen LogP contribution in [-0.4, -0.2) is 16.2 Å². The van der Waals surface area contributed by atoms with Crippen molar-refractivity contribution in [2.75, 3.05) is 5.75 Å². The van der Waals surface area contributed by atoms with Crippen LogP contribution < -0.4 is 29.6 Å². The molecule has 0 spiro atoms. The Morgan fingerprint density at radius 2 is 2.20 bits per heavy atom. The zero-order valence-electron chi connectivity index (χ0n) is 7.59. The van der Waals surface area contributed by atoms with Crippen LogP contribution in [0.15, 0.2) is 0 Å². The molecule has 10 heavy (non-hydrogen) atoms. The summed E-state index contributed by atoms with van der Waals surface area (Å²) in [5.41, 5.74) is 0. The first-order valence-corrected chi connectivity index (χ1v) is 4.11. The molecule has 0 aromatic heterocycles. The Morgan fingerprint density at radius 3 is 2.60 bits per heavy atom. The first-order chi connectivity index (χ1) is 4.27. The van der Waals surface area contributed by atoms with Crippen LogP contribution in [0.3, 0.4) is 0 Å². The van der Waals surface area contributed by atoms with E-state index in [4.69, 9.17) is 5.11 Å². The molecular formula is C6H13NaO2S. The van der Waals surface area contributed by atoms with Crippen molar-refractivity contribution >= 4 is 17.1 Å². The van der Waals surface area contributed by atoms with Crippen LogP contribution in [0.4, 0.5) is 4.79 Å². The van der Waals surface area contributed by atoms with E-state index in [2.05, 4.69) is 6.92 Å². The summed E-state index contributed by atoms with van der Waals surface area (Å²) in [6, 6.07) is 0. The van der Waals surface area contributed by atoms with Gasteiger partial charge in [0.05, 0.1) is 0 Å². The smallest absolute Gasteiger partial charge is 1.00 e. The number of thioether (sulfide) groups is 1. The molecule has 0 aromatic rings. The quantitative estimate of drug-likeness (QED) is 0.467. The number of rotatable bonds is 4. The first kappa shape index (κ1) is 13.4. The maximum Gasteiger partial charge on any atom is 1.00 e. The molecule has 0 radical (unpaired) electrons. The minimum Gasteiger partial charge on any atom is -1.00 e. The average molecular weight is 172 g/mol. The third-order valence-corrected chi connectivity index (χ3v) is 1.71. The Balaban J connectivity index is -0.000000320. The molecule has 1 N–H and O–H groups in total. The van der Waals surface area contributed by atoms with Gasteiger partial charge in [-0.2, -0.15) is 0 Å². The molecule has 0 aliphatic heterocycles. The largest absolute Gasteiger partial charge is 1.00 e. The number of hydrogen-bond donors (Lipinski definition) is 1. The van der Waals surface area contributed by atoms with Crippen molar-refractivity contribution in [1.82, 2.24) is 0 Å². The molecule has 0 amide bonds. The van der Waals surface area contributed by atoms with Crippen molar-refractivity contribution in [2.45, 2.75) is 26.2 Å². The summed E-state index contributed by atoms with van der Waals surface area (Å²) in [5, 5.41) is 7.42. The van der Waals surface area contributed by atoms with Crippen molar-refractivity contribution in [1.29, 1.82) is 0 Å². The van der Waals surface area contributed by atoms with Gasteiger partial charge in [-0.1, -0.05) is 19.8 Å². The van der Waals surface area contributed by atoms with Crippen LogP contribution in [0.1, 0.15) is 27.6 Å². The molecule has 0 fully saturated rings. The van der Waals surface area contributed by atoms with Crippen molar-refractivity contribution in [3.8, 4) is 0 Å². The topological polar surface area (TPSA) is 37.3 Å². The minimum absolute atomic E-state index is 0. The molecule has 0 aromatic carbocycles. The normalized spacial score (nSPS) is 8.50. The van der Waals surface area contributed by atoms with Crippen LogP contribution >= 0.6 is 11.8 Å². The molecule has 0 saturated carbocycles.